The summed E-state index contributed by atoms with van der Waals surface area (Å²) >= 11 is 18.6. The van der Waals surface area contributed by atoms with Crippen molar-refractivity contribution in [1.29, 1.82) is 0 Å². The summed E-state index contributed by atoms with van der Waals surface area (Å²) in [6, 6.07) is 32.5. The Kier molecular flexibility index (Phi) is 6.95. The zero-order chi connectivity index (χ0) is 27.2. The summed E-state index contributed by atoms with van der Waals surface area (Å²) in [6.45, 7) is 3.04. The minimum absolute atomic E-state index is 0.0875. The SMILES string of the molecule is CC1(c2cc(Cl)c(Cl)c(Cl)c2)CC(c2ccc(C3(O)CN(C(c4ccccc4)c4ccccc4)C3)cc2)=NO1. The van der Waals surface area contributed by atoms with Crippen LogP contribution < -0.4 is 0 Å². The van der Waals surface area contributed by atoms with Crippen LogP contribution in [-0.2, 0) is 16.0 Å². The molecule has 0 aliphatic carbocycles. The van der Waals surface area contributed by atoms with Crippen molar-refractivity contribution in [2.24, 2.45) is 5.16 Å². The maximum absolute atomic E-state index is 11.5. The van der Waals surface area contributed by atoms with Gasteiger partial charge in [-0.05, 0) is 41.3 Å². The zero-order valence-electron chi connectivity index (χ0n) is 21.3. The number of hydrogen-bond acceptors (Lipinski definition) is 4. The molecule has 2 aliphatic rings. The molecule has 7 heteroatoms. The van der Waals surface area contributed by atoms with Crippen molar-refractivity contribution in [2.45, 2.75) is 30.6 Å². The molecular weight excluding hydrogens is 551 g/mol. The van der Waals surface area contributed by atoms with Crippen LogP contribution in [-0.4, -0.2) is 28.8 Å². The van der Waals surface area contributed by atoms with Crippen molar-refractivity contribution in [2.75, 3.05) is 13.1 Å². The van der Waals surface area contributed by atoms with Crippen molar-refractivity contribution in [3.63, 3.8) is 0 Å². The van der Waals surface area contributed by atoms with Crippen LogP contribution in [0.2, 0.25) is 15.1 Å². The van der Waals surface area contributed by atoms with Crippen LogP contribution in [0.25, 0.3) is 0 Å². The van der Waals surface area contributed by atoms with Gasteiger partial charge in [-0.25, -0.2) is 0 Å². The van der Waals surface area contributed by atoms with Crippen molar-refractivity contribution in [1.82, 2.24) is 4.90 Å². The normalized spacial score (nSPS) is 20.4. The van der Waals surface area contributed by atoms with Gasteiger partial charge >= 0.3 is 0 Å². The third-order valence-electron chi connectivity index (χ3n) is 7.74. The fourth-order valence-corrected chi connectivity index (χ4v) is 6.15. The van der Waals surface area contributed by atoms with E-state index in [1.807, 2.05) is 43.3 Å². The number of aliphatic hydroxyl groups is 1. The van der Waals surface area contributed by atoms with E-state index in [4.69, 9.17) is 39.6 Å². The van der Waals surface area contributed by atoms with E-state index in [0.29, 0.717) is 34.6 Å². The van der Waals surface area contributed by atoms with Gasteiger partial charge < -0.3 is 9.94 Å². The van der Waals surface area contributed by atoms with E-state index in [1.165, 1.54) is 11.1 Å². The fraction of sp³-hybridized carbons (Fsp3) is 0.219. The lowest BCUT2D eigenvalue weighted by atomic mass is 9.82. The minimum atomic E-state index is -0.917. The Morgan fingerprint density at radius 2 is 1.33 bits per heavy atom. The number of nitrogens with zero attached hydrogens (tertiary/aromatic N) is 2. The number of oxime groups is 1. The molecule has 6 rings (SSSR count). The molecule has 0 bridgehead atoms. The maximum atomic E-state index is 11.5. The van der Waals surface area contributed by atoms with Crippen LogP contribution in [0.15, 0.2) is 102 Å². The second-order valence-electron chi connectivity index (χ2n) is 10.5. The second kappa shape index (κ2) is 10.3. The third-order valence-corrected chi connectivity index (χ3v) is 8.93. The molecule has 1 saturated heterocycles. The van der Waals surface area contributed by atoms with Crippen molar-refractivity contribution < 1.29 is 9.94 Å². The summed E-state index contributed by atoms with van der Waals surface area (Å²) in [5, 5.41) is 17.0. The molecule has 0 radical (unpaired) electrons. The number of β-amino-alcohol motifs (C(OH)–C–C–N with tert-alkyl or cyclic N) is 1. The van der Waals surface area contributed by atoms with E-state index < -0.39 is 11.2 Å². The van der Waals surface area contributed by atoms with E-state index in [0.717, 1.165) is 22.4 Å². The topological polar surface area (TPSA) is 45.1 Å². The van der Waals surface area contributed by atoms with Crippen molar-refractivity contribution in [3.8, 4) is 0 Å². The molecule has 2 heterocycles. The van der Waals surface area contributed by atoms with E-state index in [2.05, 4.69) is 58.6 Å². The Balaban J connectivity index is 1.17. The molecule has 1 unspecified atom stereocenters. The lowest BCUT2D eigenvalue weighted by Crippen LogP contribution is -2.60. The van der Waals surface area contributed by atoms with Crippen LogP contribution in [0.4, 0.5) is 0 Å². The maximum Gasteiger partial charge on any atom is 0.165 e. The van der Waals surface area contributed by atoms with Gasteiger partial charge in [0.05, 0.1) is 26.8 Å². The monoisotopic (exact) mass is 576 g/mol. The smallest absolute Gasteiger partial charge is 0.165 e. The van der Waals surface area contributed by atoms with Crippen LogP contribution >= 0.6 is 34.8 Å². The lowest BCUT2D eigenvalue weighted by Gasteiger charge is -2.50. The van der Waals surface area contributed by atoms with Crippen molar-refractivity contribution >= 4 is 40.5 Å². The molecule has 1 atom stereocenters. The highest BCUT2D eigenvalue weighted by Gasteiger charge is 2.46. The summed E-state index contributed by atoms with van der Waals surface area (Å²) in [5.41, 5.74) is 4.27. The number of rotatable bonds is 6. The fourth-order valence-electron chi connectivity index (χ4n) is 5.56. The quantitative estimate of drug-likeness (QED) is 0.236. The summed E-state index contributed by atoms with van der Waals surface area (Å²) in [4.78, 5) is 8.19. The molecular formula is C32H27Cl3N2O2. The van der Waals surface area contributed by atoms with Crippen LogP contribution in [0.3, 0.4) is 0 Å². The first-order valence-electron chi connectivity index (χ1n) is 12.8. The highest BCUT2D eigenvalue weighted by Crippen LogP contribution is 2.43. The molecule has 0 amide bonds. The van der Waals surface area contributed by atoms with E-state index in [9.17, 15) is 5.11 Å². The predicted octanol–water partition coefficient (Wildman–Crippen LogP) is 7.98. The molecule has 2 aliphatic heterocycles. The molecule has 0 aromatic heterocycles. The molecule has 1 N–H and O–H groups in total. The first-order chi connectivity index (χ1) is 18.8. The molecule has 198 valence electrons. The van der Waals surface area contributed by atoms with Crippen LogP contribution in [0.5, 0.6) is 0 Å². The molecule has 0 saturated carbocycles. The molecule has 4 nitrogen and oxygen atoms in total. The summed E-state index contributed by atoms with van der Waals surface area (Å²) in [5.74, 6) is 0. The Hall–Kier alpha value is -2.86. The Morgan fingerprint density at radius 3 is 1.87 bits per heavy atom. The average Bonchev–Trinajstić information content (AvgIpc) is 3.35. The predicted molar refractivity (Wildman–Crippen MR) is 158 cm³/mol. The standard InChI is InChI=1S/C32H27Cl3N2O2/c1-31(25-16-26(33)29(35)27(34)17-25)18-28(36-39-31)21-12-14-24(15-13-21)32(38)19-37(20-32)30(22-8-4-2-5-9-22)23-10-6-3-7-11-23/h2-17,30,38H,18-20H2,1H3. The minimum Gasteiger partial charge on any atom is -0.384 e. The zero-order valence-corrected chi connectivity index (χ0v) is 23.6. The highest BCUT2D eigenvalue weighted by atomic mass is 35.5. The summed E-state index contributed by atoms with van der Waals surface area (Å²) < 4.78 is 0. The summed E-state index contributed by atoms with van der Waals surface area (Å²) in [7, 11) is 0. The Morgan fingerprint density at radius 1 is 0.795 bits per heavy atom. The first kappa shape index (κ1) is 26.4. The first-order valence-corrected chi connectivity index (χ1v) is 14.0. The third kappa shape index (κ3) is 4.97. The summed E-state index contributed by atoms with van der Waals surface area (Å²) in [6.07, 6.45) is 0.550. The van der Waals surface area contributed by atoms with E-state index in [1.54, 1.807) is 12.1 Å². The molecule has 39 heavy (non-hydrogen) atoms. The lowest BCUT2D eigenvalue weighted by molar-refractivity contribution is -0.116. The van der Waals surface area contributed by atoms with Gasteiger partial charge in [0.25, 0.3) is 0 Å². The Labute approximate surface area is 243 Å². The van der Waals surface area contributed by atoms with Crippen molar-refractivity contribution in [3.05, 3.63) is 140 Å². The van der Waals surface area contributed by atoms with Gasteiger partial charge in [0.1, 0.15) is 5.60 Å². The number of halogens is 3. The Bertz CT molecular complexity index is 1460. The van der Waals surface area contributed by atoms with Gasteiger partial charge in [0, 0.05) is 25.1 Å². The van der Waals surface area contributed by atoms with Gasteiger partial charge in [-0.3, -0.25) is 4.90 Å². The number of likely N-dealkylation sites (tertiary alicyclic amines) is 1. The van der Waals surface area contributed by atoms with Crippen LogP contribution in [0.1, 0.15) is 47.2 Å². The van der Waals surface area contributed by atoms with Gasteiger partial charge in [-0.2, -0.15) is 0 Å². The number of benzene rings is 4. The molecule has 4 aromatic carbocycles. The second-order valence-corrected chi connectivity index (χ2v) is 11.7. The van der Waals surface area contributed by atoms with Crippen LogP contribution in [0, 0.1) is 0 Å². The van der Waals surface area contributed by atoms with Gasteiger partial charge in [-0.1, -0.05) is 125 Å². The molecule has 1 fully saturated rings. The average molecular weight is 578 g/mol. The molecule has 0 spiro atoms. The van der Waals surface area contributed by atoms with Gasteiger partial charge in [-0.15, -0.1) is 0 Å². The van der Waals surface area contributed by atoms with Gasteiger partial charge in [0.2, 0.25) is 0 Å². The number of hydrogen-bond donors (Lipinski definition) is 1. The highest BCUT2D eigenvalue weighted by molar-refractivity contribution is 6.48. The molecule has 4 aromatic rings. The van der Waals surface area contributed by atoms with E-state index in [-0.39, 0.29) is 6.04 Å². The van der Waals surface area contributed by atoms with E-state index >= 15 is 0 Å². The largest absolute Gasteiger partial charge is 0.384 e. The van der Waals surface area contributed by atoms with Gasteiger partial charge in [0.15, 0.2) is 5.60 Å².